The van der Waals surface area contributed by atoms with E-state index >= 15 is 0 Å². The molecule has 0 radical (unpaired) electrons. The van der Waals surface area contributed by atoms with Gasteiger partial charge in [-0.1, -0.05) is 12.1 Å². The van der Waals surface area contributed by atoms with Gasteiger partial charge in [0.25, 0.3) is 5.78 Å². The molecule has 1 aromatic carbocycles. The molecule has 1 aliphatic rings. The summed E-state index contributed by atoms with van der Waals surface area (Å²) in [5, 5.41) is 4.47. The molecule has 2 aromatic heterocycles. The van der Waals surface area contributed by atoms with Gasteiger partial charge in [-0.05, 0) is 50.5 Å². The minimum Gasteiger partial charge on any atom is -0.497 e. The van der Waals surface area contributed by atoms with E-state index in [-0.39, 0.29) is 18.4 Å². The molecule has 3 aromatic rings. The number of hydrogen-bond acceptors (Lipinski definition) is 5. The van der Waals surface area contributed by atoms with E-state index in [1.165, 1.54) is 0 Å². The number of carbonyl (C=O) groups excluding carboxylic acids is 1. The van der Waals surface area contributed by atoms with Crippen molar-refractivity contribution in [2.24, 2.45) is 0 Å². The third-order valence-corrected chi connectivity index (χ3v) is 5.02. The predicted octanol–water partition coefficient (Wildman–Crippen LogP) is 2.66. The first-order valence-corrected chi connectivity index (χ1v) is 9.18. The fraction of sp³-hybridized carbons (Fsp3) is 0.400. The molecule has 4 rings (SSSR count). The zero-order chi connectivity index (χ0) is 19.0. The van der Waals surface area contributed by atoms with Crippen LogP contribution in [0.1, 0.15) is 41.7 Å². The summed E-state index contributed by atoms with van der Waals surface area (Å²) in [7, 11) is 1.66. The van der Waals surface area contributed by atoms with Crippen LogP contribution in [0.5, 0.6) is 5.75 Å². The highest BCUT2D eigenvalue weighted by Crippen LogP contribution is 2.33. The zero-order valence-corrected chi connectivity index (χ0v) is 15.8. The van der Waals surface area contributed by atoms with Crippen molar-refractivity contribution in [2.75, 3.05) is 13.7 Å². The number of ether oxygens (including phenoxy) is 1. The average molecular weight is 365 g/mol. The van der Waals surface area contributed by atoms with Gasteiger partial charge >= 0.3 is 0 Å². The fourth-order valence-electron chi connectivity index (χ4n) is 3.78. The van der Waals surface area contributed by atoms with E-state index in [9.17, 15) is 4.79 Å². The van der Waals surface area contributed by atoms with Crippen LogP contribution in [-0.4, -0.2) is 44.0 Å². The van der Waals surface area contributed by atoms with Crippen LogP contribution in [0.3, 0.4) is 0 Å². The SMILES string of the molecule is COc1cccc([C@@H]2CCCN2C(=O)Cc2nc3nc(C)cc(C)n3n2)c1. The van der Waals surface area contributed by atoms with Gasteiger partial charge in [-0.3, -0.25) is 4.79 Å². The smallest absolute Gasteiger partial charge is 0.252 e. The van der Waals surface area contributed by atoms with Crippen LogP contribution in [0.2, 0.25) is 0 Å². The molecule has 1 amide bonds. The van der Waals surface area contributed by atoms with Crippen LogP contribution in [0, 0.1) is 13.8 Å². The first kappa shape index (κ1) is 17.5. The van der Waals surface area contributed by atoms with Gasteiger partial charge < -0.3 is 9.64 Å². The minimum atomic E-state index is 0.0469. The maximum absolute atomic E-state index is 13.0. The summed E-state index contributed by atoms with van der Waals surface area (Å²) in [5.41, 5.74) is 2.96. The van der Waals surface area contributed by atoms with E-state index in [0.29, 0.717) is 11.6 Å². The Morgan fingerprint density at radius 3 is 2.93 bits per heavy atom. The summed E-state index contributed by atoms with van der Waals surface area (Å²) in [6.07, 6.45) is 2.13. The van der Waals surface area contributed by atoms with Crippen molar-refractivity contribution in [1.29, 1.82) is 0 Å². The number of rotatable bonds is 4. The maximum atomic E-state index is 13.0. The van der Waals surface area contributed by atoms with Crippen LogP contribution in [0.4, 0.5) is 0 Å². The summed E-state index contributed by atoms with van der Waals surface area (Å²) in [6, 6.07) is 9.98. The maximum Gasteiger partial charge on any atom is 0.252 e. The van der Waals surface area contributed by atoms with Crippen molar-refractivity contribution in [3.05, 3.63) is 53.1 Å². The van der Waals surface area contributed by atoms with Crippen LogP contribution in [-0.2, 0) is 11.2 Å². The highest BCUT2D eigenvalue weighted by atomic mass is 16.5. The van der Waals surface area contributed by atoms with E-state index in [1.54, 1.807) is 11.6 Å². The van der Waals surface area contributed by atoms with Crippen LogP contribution >= 0.6 is 0 Å². The monoisotopic (exact) mass is 365 g/mol. The number of amides is 1. The molecule has 0 spiro atoms. The fourth-order valence-corrected chi connectivity index (χ4v) is 3.78. The molecule has 27 heavy (non-hydrogen) atoms. The first-order valence-electron chi connectivity index (χ1n) is 9.18. The molecule has 7 heteroatoms. The second kappa shape index (κ2) is 6.98. The Bertz CT molecular complexity index is 997. The van der Waals surface area contributed by atoms with Crippen molar-refractivity contribution >= 4 is 11.7 Å². The van der Waals surface area contributed by atoms with E-state index in [1.807, 2.05) is 43.0 Å². The second-order valence-electron chi connectivity index (χ2n) is 6.98. The number of carbonyl (C=O) groups is 1. The third kappa shape index (κ3) is 3.37. The molecule has 0 aliphatic carbocycles. The van der Waals surface area contributed by atoms with Crippen molar-refractivity contribution in [1.82, 2.24) is 24.5 Å². The van der Waals surface area contributed by atoms with Crippen molar-refractivity contribution in [2.45, 2.75) is 39.2 Å². The molecular weight excluding hydrogens is 342 g/mol. The third-order valence-electron chi connectivity index (χ3n) is 5.02. The molecular formula is C20H23N5O2. The molecule has 1 atom stereocenters. The lowest BCUT2D eigenvalue weighted by atomic mass is 10.0. The number of hydrogen-bond donors (Lipinski definition) is 0. The van der Waals surface area contributed by atoms with E-state index < -0.39 is 0 Å². The van der Waals surface area contributed by atoms with E-state index in [4.69, 9.17) is 4.74 Å². The first-order chi connectivity index (χ1) is 13.0. The number of benzene rings is 1. The standard InChI is InChI=1S/C20H23N5O2/c1-13-10-14(2)25-20(21-13)22-18(23-25)12-19(26)24-9-5-8-17(24)15-6-4-7-16(11-15)27-3/h4,6-7,10-11,17H,5,8-9,12H2,1-3H3/t17-/m0/s1. The lowest BCUT2D eigenvalue weighted by molar-refractivity contribution is -0.131. The van der Waals surface area contributed by atoms with Gasteiger partial charge in [0.2, 0.25) is 5.91 Å². The number of aryl methyl sites for hydroxylation is 2. The highest BCUT2D eigenvalue weighted by molar-refractivity contribution is 5.79. The topological polar surface area (TPSA) is 72.6 Å². The van der Waals surface area contributed by atoms with Gasteiger partial charge in [0, 0.05) is 17.9 Å². The van der Waals surface area contributed by atoms with Gasteiger partial charge in [0.15, 0.2) is 5.82 Å². The minimum absolute atomic E-state index is 0.0469. The normalized spacial score (nSPS) is 16.9. The Morgan fingerprint density at radius 1 is 1.26 bits per heavy atom. The lowest BCUT2D eigenvalue weighted by Crippen LogP contribution is -2.32. The van der Waals surface area contributed by atoms with E-state index in [2.05, 4.69) is 21.1 Å². The Balaban J connectivity index is 1.56. The number of aromatic nitrogens is 4. The van der Waals surface area contributed by atoms with Gasteiger partial charge in [0.05, 0.1) is 19.6 Å². The molecule has 0 unspecified atom stereocenters. The average Bonchev–Trinajstić information content (AvgIpc) is 3.28. The Morgan fingerprint density at radius 2 is 2.11 bits per heavy atom. The van der Waals surface area contributed by atoms with Gasteiger partial charge in [-0.15, -0.1) is 5.10 Å². The summed E-state index contributed by atoms with van der Waals surface area (Å²) in [6.45, 7) is 4.64. The Kier molecular flexibility index (Phi) is 4.51. The molecule has 1 aliphatic heterocycles. The Labute approximate surface area is 158 Å². The van der Waals surface area contributed by atoms with Gasteiger partial charge in [-0.25, -0.2) is 9.50 Å². The molecule has 3 heterocycles. The molecule has 1 fully saturated rings. The highest BCUT2D eigenvalue weighted by Gasteiger charge is 2.30. The van der Waals surface area contributed by atoms with Crippen molar-refractivity contribution in [3.8, 4) is 5.75 Å². The van der Waals surface area contributed by atoms with E-state index in [0.717, 1.165) is 42.1 Å². The second-order valence-corrected chi connectivity index (χ2v) is 6.98. The van der Waals surface area contributed by atoms with Gasteiger partial charge in [-0.2, -0.15) is 4.98 Å². The predicted molar refractivity (Wildman–Crippen MR) is 101 cm³/mol. The molecule has 7 nitrogen and oxygen atoms in total. The molecule has 0 bridgehead atoms. The Hall–Kier alpha value is -2.96. The summed E-state index contributed by atoms with van der Waals surface area (Å²) >= 11 is 0. The van der Waals surface area contributed by atoms with Crippen molar-refractivity contribution < 1.29 is 9.53 Å². The number of fused-ring (bicyclic) bond motifs is 1. The number of methoxy groups -OCH3 is 1. The van der Waals surface area contributed by atoms with Crippen LogP contribution < -0.4 is 4.74 Å². The molecule has 0 saturated carbocycles. The summed E-state index contributed by atoms with van der Waals surface area (Å²) < 4.78 is 7.02. The molecule has 140 valence electrons. The summed E-state index contributed by atoms with van der Waals surface area (Å²) in [4.78, 5) is 23.7. The van der Waals surface area contributed by atoms with Crippen molar-refractivity contribution in [3.63, 3.8) is 0 Å². The lowest BCUT2D eigenvalue weighted by Gasteiger charge is -2.25. The molecule has 1 saturated heterocycles. The number of nitrogens with zero attached hydrogens (tertiary/aromatic N) is 5. The zero-order valence-electron chi connectivity index (χ0n) is 15.8. The van der Waals surface area contributed by atoms with Crippen LogP contribution in [0.25, 0.3) is 5.78 Å². The number of likely N-dealkylation sites (tertiary alicyclic amines) is 1. The largest absolute Gasteiger partial charge is 0.497 e. The van der Waals surface area contributed by atoms with Crippen LogP contribution in [0.15, 0.2) is 30.3 Å². The van der Waals surface area contributed by atoms with Gasteiger partial charge in [0.1, 0.15) is 5.75 Å². The quantitative estimate of drug-likeness (QED) is 0.711. The summed E-state index contributed by atoms with van der Waals surface area (Å²) in [5.74, 6) is 1.91. The molecule has 0 N–H and O–H groups in total.